The Bertz CT molecular complexity index is 1530. The van der Waals surface area contributed by atoms with Crippen LogP contribution >= 0.6 is 0 Å². The SMILES string of the molecule is COc1cc2c(=O)n(-c3ccc(OCc4ccccc4)cc3)c(C)nc2cc1OCc1ccccc1. The molecule has 6 nitrogen and oxygen atoms in total. The van der Waals surface area contributed by atoms with Crippen LogP contribution in [0.5, 0.6) is 17.2 Å². The van der Waals surface area contributed by atoms with Gasteiger partial charge in [0.2, 0.25) is 0 Å². The molecule has 0 aliphatic rings. The molecule has 36 heavy (non-hydrogen) atoms. The first kappa shape index (κ1) is 23.2. The third kappa shape index (κ3) is 4.93. The van der Waals surface area contributed by atoms with Gasteiger partial charge in [-0.05, 0) is 48.4 Å². The van der Waals surface area contributed by atoms with Gasteiger partial charge < -0.3 is 14.2 Å². The van der Waals surface area contributed by atoms with Crippen LogP contribution in [0.25, 0.3) is 16.6 Å². The van der Waals surface area contributed by atoms with Crippen LogP contribution in [0.2, 0.25) is 0 Å². The smallest absolute Gasteiger partial charge is 0.266 e. The van der Waals surface area contributed by atoms with Crippen molar-refractivity contribution in [1.29, 1.82) is 0 Å². The number of aromatic nitrogens is 2. The molecule has 0 amide bonds. The molecule has 5 rings (SSSR count). The van der Waals surface area contributed by atoms with Crippen molar-refractivity contribution in [1.82, 2.24) is 9.55 Å². The van der Waals surface area contributed by atoms with Gasteiger partial charge in [-0.3, -0.25) is 9.36 Å². The van der Waals surface area contributed by atoms with Gasteiger partial charge in [0.25, 0.3) is 5.56 Å². The van der Waals surface area contributed by atoms with Crippen LogP contribution in [0.4, 0.5) is 0 Å². The quantitative estimate of drug-likeness (QED) is 0.280. The lowest BCUT2D eigenvalue weighted by Gasteiger charge is -2.15. The summed E-state index contributed by atoms with van der Waals surface area (Å²) in [6.45, 7) is 2.68. The Balaban J connectivity index is 1.42. The highest BCUT2D eigenvalue weighted by Crippen LogP contribution is 2.31. The van der Waals surface area contributed by atoms with Crippen LogP contribution in [0.15, 0.2) is 102 Å². The number of rotatable bonds is 8. The van der Waals surface area contributed by atoms with Crippen molar-refractivity contribution in [2.24, 2.45) is 0 Å². The molecule has 4 aromatic carbocycles. The van der Waals surface area contributed by atoms with Crippen molar-refractivity contribution in [2.75, 3.05) is 7.11 Å². The molecule has 0 atom stereocenters. The fourth-order valence-corrected chi connectivity index (χ4v) is 4.05. The van der Waals surface area contributed by atoms with Crippen LogP contribution < -0.4 is 19.8 Å². The molecule has 0 spiro atoms. The van der Waals surface area contributed by atoms with E-state index in [9.17, 15) is 4.79 Å². The van der Waals surface area contributed by atoms with Crippen LogP contribution in [0.1, 0.15) is 17.0 Å². The molecule has 0 fully saturated rings. The molecule has 1 heterocycles. The van der Waals surface area contributed by atoms with E-state index in [2.05, 4.69) is 0 Å². The number of methoxy groups -OCH3 is 1. The highest BCUT2D eigenvalue weighted by atomic mass is 16.5. The van der Waals surface area contributed by atoms with Gasteiger partial charge in [0.15, 0.2) is 11.5 Å². The van der Waals surface area contributed by atoms with E-state index in [0.29, 0.717) is 47.1 Å². The van der Waals surface area contributed by atoms with Crippen LogP contribution in [0.3, 0.4) is 0 Å². The number of hydrogen-bond acceptors (Lipinski definition) is 5. The number of benzene rings is 4. The van der Waals surface area contributed by atoms with E-state index in [1.165, 1.54) is 0 Å². The van der Waals surface area contributed by atoms with Gasteiger partial charge in [-0.1, -0.05) is 60.7 Å². The van der Waals surface area contributed by atoms with Crippen molar-refractivity contribution >= 4 is 10.9 Å². The van der Waals surface area contributed by atoms with Crippen LogP contribution in [0, 0.1) is 6.92 Å². The highest BCUT2D eigenvalue weighted by Gasteiger charge is 2.15. The Kier molecular flexibility index (Phi) is 6.67. The summed E-state index contributed by atoms with van der Waals surface area (Å²) in [6, 6.07) is 30.7. The van der Waals surface area contributed by atoms with Gasteiger partial charge in [-0.25, -0.2) is 4.98 Å². The zero-order chi connectivity index (χ0) is 24.9. The Morgan fingerprint density at radius 3 is 1.97 bits per heavy atom. The summed E-state index contributed by atoms with van der Waals surface area (Å²) >= 11 is 0. The minimum atomic E-state index is -0.177. The predicted molar refractivity (Wildman–Crippen MR) is 140 cm³/mol. The third-order valence-electron chi connectivity index (χ3n) is 5.90. The Morgan fingerprint density at radius 1 is 0.750 bits per heavy atom. The van der Waals surface area contributed by atoms with Crippen molar-refractivity contribution in [3.63, 3.8) is 0 Å². The maximum atomic E-state index is 13.5. The largest absolute Gasteiger partial charge is 0.493 e. The van der Waals surface area contributed by atoms with E-state index in [0.717, 1.165) is 16.9 Å². The molecule has 0 radical (unpaired) electrons. The van der Waals surface area contributed by atoms with E-state index in [4.69, 9.17) is 19.2 Å². The van der Waals surface area contributed by atoms with Crippen molar-refractivity contribution in [2.45, 2.75) is 20.1 Å². The normalized spacial score (nSPS) is 10.8. The predicted octanol–water partition coefficient (Wildman–Crippen LogP) is 5.86. The van der Waals surface area contributed by atoms with Crippen molar-refractivity contribution < 1.29 is 14.2 Å². The number of aryl methyl sites for hydroxylation is 1. The molecule has 0 unspecified atom stereocenters. The summed E-state index contributed by atoms with van der Waals surface area (Å²) in [5, 5.41) is 0.453. The van der Waals surface area contributed by atoms with E-state index in [1.54, 1.807) is 23.8 Å². The summed E-state index contributed by atoms with van der Waals surface area (Å²) in [5.41, 5.74) is 3.22. The second-order valence-electron chi connectivity index (χ2n) is 8.36. The highest BCUT2D eigenvalue weighted by molar-refractivity contribution is 5.82. The first-order chi connectivity index (χ1) is 17.6. The van der Waals surface area contributed by atoms with E-state index < -0.39 is 0 Å². The van der Waals surface area contributed by atoms with Gasteiger partial charge in [0, 0.05) is 6.07 Å². The second kappa shape index (κ2) is 10.4. The number of hydrogen-bond donors (Lipinski definition) is 0. The standard InChI is InChI=1S/C30H26N2O4/c1-21-31-27-18-29(36-20-23-11-7-4-8-12-23)28(34-2)17-26(27)30(33)32(21)24-13-15-25(16-14-24)35-19-22-9-5-3-6-10-22/h3-18H,19-20H2,1-2H3. The third-order valence-corrected chi connectivity index (χ3v) is 5.90. The second-order valence-corrected chi connectivity index (χ2v) is 8.36. The van der Waals surface area contributed by atoms with E-state index >= 15 is 0 Å². The minimum Gasteiger partial charge on any atom is -0.493 e. The number of nitrogens with zero attached hydrogens (tertiary/aromatic N) is 2. The molecule has 6 heteroatoms. The van der Waals surface area contributed by atoms with Gasteiger partial charge >= 0.3 is 0 Å². The van der Waals surface area contributed by atoms with Crippen LogP contribution in [-0.4, -0.2) is 16.7 Å². The maximum Gasteiger partial charge on any atom is 0.266 e. The van der Waals surface area contributed by atoms with E-state index in [-0.39, 0.29) is 5.56 Å². The Labute approximate surface area is 209 Å². The maximum absolute atomic E-state index is 13.5. The van der Waals surface area contributed by atoms with E-state index in [1.807, 2.05) is 91.9 Å². The average Bonchev–Trinajstić information content (AvgIpc) is 2.92. The molecular weight excluding hydrogens is 452 g/mol. The Morgan fingerprint density at radius 2 is 1.36 bits per heavy atom. The van der Waals surface area contributed by atoms with Crippen LogP contribution in [-0.2, 0) is 13.2 Å². The zero-order valence-electron chi connectivity index (χ0n) is 20.2. The first-order valence-electron chi connectivity index (χ1n) is 11.7. The summed E-state index contributed by atoms with van der Waals surface area (Å²) in [6.07, 6.45) is 0. The molecule has 0 aliphatic heterocycles. The molecule has 5 aromatic rings. The summed E-state index contributed by atoms with van der Waals surface area (Å²) < 4.78 is 19.0. The Hall–Kier alpha value is -4.58. The minimum absolute atomic E-state index is 0.177. The van der Waals surface area contributed by atoms with Gasteiger partial charge in [0.1, 0.15) is 24.8 Å². The van der Waals surface area contributed by atoms with Gasteiger partial charge in [-0.2, -0.15) is 0 Å². The van der Waals surface area contributed by atoms with Gasteiger partial charge in [0.05, 0.1) is 23.7 Å². The molecular formula is C30H26N2O4. The number of fused-ring (bicyclic) bond motifs is 1. The fourth-order valence-electron chi connectivity index (χ4n) is 4.05. The topological polar surface area (TPSA) is 62.6 Å². The zero-order valence-corrected chi connectivity index (χ0v) is 20.2. The van der Waals surface area contributed by atoms with Crippen molar-refractivity contribution in [3.05, 3.63) is 124 Å². The molecule has 0 saturated carbocycles. The molecule has 1 aromatic heterocycles. The van der Waals surface area contributed by atoms with Crippen molar-refractivity contribution in [3.8, 4) is 22.9 Å². The molecule has 0 aliphatic carbocycles. The monoisotopic (exact) mass is 478 g/mol. The molecule has 180 valence electrons. The summed E-state index contributed by atoms with van der Waals surface area (Å²) in [7, 11) is 1.56. The molecule has 0 bridgehead atoms. The fraction of sp³-hybridized carbons (Fsp3) is 0.133. The van der Waals surface area contributed by atoms with Gasteiger partial charge in [-0.15, -0.1) is 0 Å². The summed E-state index contributed by atoms with van der Waals surface area (Å²) in [4.78, 5) is 18.2. The number of ether oxygens (including phenoxy) is 3. The first-order valence-corrected chi connectivity index (χ1v) is 11.7. The lowest BCUT2D eigenvalue weighted by molar-refractivity contribution is 0.285. The summed E-state index contributed by atoms with van der Waals surface area (Å²) in [5.74, 6) is 2.32. The lowest BCUT2D eigenvalue weighted by atomic mass is 10.2. The lowest BCUT2D eigenvalue weighted by Crippen LogP contribution is -2.22. The average molecular weight is 479 g/mol. The molecule has 0 saturated heterocycles. The molecule has 0 N–H and O–H groups in total.